The van der Waals surface area contributed by atoms with Crippen LogP contribution in [0.25, 0.3) is 0 Å². The van der Waals surface area contributed by atoms with Crippen LogP contribution in [0.1, 0.15) is 12.3 Å². The molecule has 3 nitrogen and oxygen atoms in total. The van der Waals surface area contributed by atoms with Crippen LogP contribution >= 0.6 is 11.8 Å². The quantitative estimate of drug-likeness (QED) is 0.776. The van der Waals surface area contributed by atoms with Gasteiger partial charge in [-0.3, -0.25) is 10.1 Å². The Balaban J connectivity index is 2.14. The van der Waals surface area contributed by atoms with Crippen molar-refractivity contribution in [1.29, 1.82) is 0 Å². The lowest BCUT2D eigenvalue weighted by atomic mass is 10.2. The summed E-state index contributed by atoms with van der Waals surface area (Å²) < 4.78 is 7.71. The molecule has 1 fully saturated rings. The third-order valence-electron chi connectivity index (χ3n) is 2.10. The molecule has 0 aliphatic carbocycles. The van der Waals surface area contributed by atoms with Gasteiger partial charge in [0.15, 0.2) is 0 Å². The summed E-state index contributed by atoms with van der Waals surface area (Å²) in [6, 6.07) is 7.19. The molecule has 1 heterocycles. The van der Waals surface area contributed by atoms with E-state index in [0.717, 1.165) is 5.56 Å². The van der Waals surface area contributed by atoms with E-state index in [1.165, 1.54) is 11.8 Å². The molecular formula is C10H11NO2S. The smallest absolute Gasteiger partial charge is 0.321 e. The van der Waals surface area contributed by atoms with Crippen LogP contribution < -0.4 is 5.32 Å². The van der Waals surface area contributed by atoms with E-state index in [0.29, 0.717) is 11.8 Å². The Morgan fingerprint density at radius 3 is 3.14 bits per heavy atom. The third-order valence-corrected chi connectivity index (χ3v) is 3.34. The summed E-state index contributed by atoms with van der Waals surface area (Å²) in [7, 11) is 0. The number of nitrogens with one attached hydrogen (secondary N) is 1. The lowest BCUT2D eigenvalue weighted by Crippen LogP contribution is -2.33. The van der Waals surface area contributed by atoms with Gasteiger partial charge in [0.2, 0.25) is 0 Å². The molecule has 0 saturated carbocycles. The highest BCUT2D eigenvalue weighted by Gasteiger charge is 2.29. The summed E-state index contributed by atoms with van der Waals surface area (Å²) in [4.78, 5) is 10.7. The number of rotatable bonds is 2. The molecule has 1 aromatic carbocycles. The first kappa shape index (κ1) is 8.32. The molecule has 2 unspecified atom stereocenters. The molecule has 2 N–H and O–H groups in total. The van der Waals surface area contributed by atoms with E-state index in [2.05, 4.69) is 5.32 Å². The average molecular weight is 210 g/mol. The predicted octanol–water partition coefficient (Wildman–Crippen LogP) is 1.47. The molecule has 2 atom stereocenters. The lowest BCUT2D eigenvalue weighted by molar-refractivity contribution is -0.138. The van der Waals surface area contributed by atoms with Crippen LogP contribution in [0.4, 0.5) is 0 Å². The molecule has 14 heavy (non-hydrogen) atoms. The van der Waals surface area contributed by atoms with Gasteiger partial charge < -0.3 is 5.11 Å². The van der Waals surface area contributed by atoms with Gasteiger partial charge in [-0.15, -0.1) is 11.8 Å². The molecule has 4 heteroatoms. The van der Waals surface area contributed by atoms with Crippen LogP contribution in [0, 0.1) is 0 Å². The number of thioether (sulfide) groups is 1. The van der Waals surface area contributed by atoms with Crippen LogP contribution in [0.15, 0.2) is 30.3 Å². The van der Waals surface area contributed by atoms with Crippen molar-refractivity contribution in [2.75, 3.05) is 5.75 Å². The van der Waals surface area contributed by atoms with Gasteiger partial charge >= 0.3 is 5.97 Å². The SMILES string of the molecule is [2H]c1ccccc1C1NC(C(=O)O)CS1. The van der Waals surface area contributed by atoms with E-state index in [9.17, 15) is 4.79 Å². The van der Waals surface area contributed by atoms with Crippen molar-refractivity contribution < 1.29 is 11.3 Å². The van der Waals surface area contributed by atoms with Gasteiger partial charge in [-0.1, -0.05) is 30.3 Å². The fourth-order valence-corrected chi connectivity index (χ4v) is 2.57. The molecule has 0 amide bonds. The van der Waals surface area contributed by atoms with Gasteiger partial charge in [-0.25, -0.2) is 0 Å². The summed E-state index contributed by atoms with van der Waals surface area (Å²) in [5, 5.41) is 11.7. The predicted molar refractivity (Wildman–Crippen MR) is 56.2 cm³/mol. The Bertz CT molecular complexity index is 385. The van der Waals surface area contributed by atoms with Crippen LogP contribution in [0.2, 0.25) is 0 Å². The minimum absolute atomic E-state index is 0.0696. The molecule has 0 spiro atoms. The molecule has 0 bridgehead atoms. The van der Waals surface area contributed by atoms with E-state index in [-0.39, 0.29) is 5.37 Å². The van der Waals surface area contributed by atoms with Crippen molar-refractivity contribution in [2.45, 2.75) is 11.4 Å². The van der Waals surface area contributed by atoms with Crippen LogP contribution in [0.3, 0.4) is 0 Å². The number of hydrogen-bond acceptors (Lipinski definition) is 3. The molecule has 0 radical (unpaired) electrons. The number of carboxylic acids is 1. The summed E-state index contributed by atoms with van der Waals surface area (Å²) in [6.07, 6.45) is 0. The number of carboxylic acid groups (broad SMARTS) is 1. The van der Waals surface area contributed by atoms with E-state index in [1.807, 2.05) is 12.1 Å². The second-order valence-electron chi connectivity index (χ2n) is 3.09. The molecule has 1 aromatic rings. The molecule has 74 valence electrons. The van der Waals surface area contributed by atoms with Crippen molar-refractivity contribution >= 4 is 17.7 Å². The maximum absolute atomic E-state index is 10.7. The van der Waals surface area contributed by atoms with Crippen molar-refractivity contribution in [3.63, 3.8) is 0 Å². The van der Waals surface area contributed by atoms with Gasteiger partial charge in [0, 0.05) is 5.75 Å². The minimum Gasteiger partial charge on any atom is -0.480 e. The normalized spacial score (nSPS) is 27.3. The van der Waals surface area contributed by atoms with Gasteiger partial charge in [0.1, 0.15) is 6.04 Å². The Morgan fingerprint density at radius 2 is 2.50 bits per heavy atom. The van der Waals surface area contributed by atoms with E-state index >= 15 is 0 Å². The van der Waals surface area contributed by atoms with E-state index in [4.69, 9.17) is 6.48 Å². The Labute approximate surface area is 87.9 Å². The summed E-state index contributed by atoms with van der Waals surface area (Å²) in [6.45, 7) is 0. The second-order valence-corrected chi connectivity index (χ2v) is 4.23. The van der Waals surface area contributed by atoms with Crippen LogP contribution in [0.5, 0.6) is 0 Å². The first-order chi connectivity index (χ1) is 7.18. The first-order valence-corrected chi connectivity index (χ1v) is 5.39. The maximum atomic E-state index is 10.7. The topological polar surface area (TPSA) is 49.3 Å². The zero-order valence-corrected chi connectivity index (χ0v) is 8.25. The molecular weight excluding hydrogens is 198 g/mol. The maximum Gasteiger partial charge on any atom is 0.321 e. The average Bonchev–Trinajstić information content (AvgIpc) is 2.67. The fraction of sp³-hybridized carbons (Fsp3) is 0.300. The molecule has 1 saturated heterocycles. The lowest BCUT2D eigenvalue weighted by Gasteiger charge is -2.10. The van der Waals surface area contributed by atoms with Gasteiger partial charge in [-0.2, -0.15) is 0 Å². The molecule has 1 aliphatic rings. The van der Waals surface area contributed by atoms with Gasteiger partial charge in [-0.05, 0) is 5.56 Å². The van der Waals surface area contributed by atoms with E-state index < -0.39 is 12.0 Å². The third kappa shape index (κ3) is 1.91. The number of carbonyl (C=O) groups is 1. The Hall–Kier alpha value is -1.00. The second kappa shape index (κ2) is 4.02. The van der Waals surface area contributed by atoms with Crippen molar-refractivity contribution in [2.24, 2.45) is 0 Å². The van der Waals surface area contributed by atoms with Gasteiger partial charge in [0.25, 0.3) is 0 Å². The van der Waals surface area contributed by atoms with Crippen LogP contribution in [-0.2, 0) is 4.79 Å². The molecule has 2 rings (SSSR count). The minimum atomic E-state index is -0.826. The zero-order valence-electron chi connectivity index (χ0n) is 8.43. The highest BCUT2D eigenvalue weighted by atomic mass is 32.2. The van der Waals surface area contributed by atoms with Crippen molar-refractivity contribution in [3.8, 4) is 0 Å². The Kier molecular flexibility index (Phi) is 2.39. The van der Waals surface area contributed by atoms with Crippen molar-refractivity contribution in [1.82, 2.24) is 5.32 Å². The van der Waals surface area contributed by atoms with Crippen molar-refractivity contribution in [3.05, 3.63) is 35.9 Å². The Morgan fingerprint density at radius 1 is 1.64 bits per heavy atom. The van der Waals surface area contributed by atoms with Gasteiger partial charge in [0.05, 0.1) is 6.74 Å². The van der Waals surface area contributed by atoms with Crippen LogP contribution in [-0.4, -0.2) is 22.9 Å². The van der Waals surface area contributed by atoms with E-state index in [1.54, 1.807) is 12.1 Å². The molecule has 1 aliphatic heterocycles. The standard InChI is InChI=1S/C10H11NO2S/c12-10(13)8-6-14-9(11-8)7-4-2-1-3-5-7/h1-5,8-9,11H,6H2,(H,12,13)/i4D. The molecule has 0 aromatic heterocycles. The highest BCUT2D eigenvalue weighted by Crippen LogP contribution is 2.32. The monoisotopic (exact) mass is 210 g/mol. The highest BCUT2D eigenvalue weighted by molar-refractivity contribution is 7.99. The zero-order chi connectivity index (χ0) is 10.8. The summed E-state index contributed by atoms with van der Waals surface area (Å²) in [5.41, 5.74) is 0.853. The first-order valence-electron chi connectivity index (χ1n) is 4.84. The number of aliphatic carboxylic acids is 1. The number of benzene rings is 1. The fourth-order valence-electron chi connectivity index (χ4n) is 1.36. The summed E-state index contributed by atoms with van der Waals surface area (Å²) in [5.74, 6) is -0.276. The number of hydrogen-bond donors (Lipinski definition) is 2. The largest absolute Gasteiger partial charge is 0.480 e. The summed E-state index contributed by atoms with van der Waals surface area (Å²) >= 11 is 1.53.